The van der Waals surface area contributed by atoms with Crippen LogP contribution in [0.25, 0.3) is 11.3 Å². The standard InChI is InChI=1S/C14H13BrIN3O2/c15-9-4-3-8(6-10(9)16)11-7-17-13(18-11)12-2-1-5-19(12)14(20)21/h3-4,6-7,12H,1-2,5H2,(H,17,18)(H,20,21). The van der Waals surface area contributed by atoms with Crippen LogP contribution in [0.1, 0.15) is 24.7 Å². The summed E-state index contributed by atoms with van der Waals surface area (Å²) >= 11 is 5.75. The second-order valence-electron chi connectivity index (χ2n) is 4.94. The number of likely N-dealkylation sites (tertiary alicyclic amines) is 1. The number of carboxylic acid groups (broad SMARTS) is 1. The van der Waals surface area contributed by atoms with Crippen molar-refractivity contribution >= 4 is 44.6 Å². The van der Waals surface area contributed by atoms with Crippen LogP contribution < -0.4 is 0 Å². The number of aromatic amines is 1. The van der Waals surface area contributed by atoms with Gasteiger partial charge in [0.25, 0.3) is 0 Å². The predicted octanol–water partition coefficient (Wildman–Crippen LogP) is 4.26. The van der Waals surface area contributed by atoms with Crippen LogP contribution >= 0.6 is 38.5 Å². The molecule has 2 aromatic rings. The van der Waals surface area contributed by atoms with Crippen LogP contribution in [0.15, 0.2) is 28.9 Å². The average molecular weight is 462 g/mol. The molecule has 21 heavy (non-hydrogen) atoms. The number of hydrogen-bond donors (Lipinski definition) is 2. The van der Waals surface area contributed by atoms with Gasteiger partial charge in [0.2, 0.25) is 0 Å². The molecule has 5 nitrogen and oxygen atoms in total. The molecule has 1 aliphatic rings. The van der Waals surface area contributed by atoms with Crippen LogP contribution in [0, 0.1) is 3.57 Å². The molecule has 0 radical (unpaired) electrons. The minimum atomic E-state index is -0.881. The third kappa shape index (κ3) is 2.94. The first-order chi connectivity index (χ1) is 10.1. The van der Waals surface area contributed by atoms with E-state index in [0.29, 0.717) is 6.54 Å². The van der Waals surface area contributed by atoms with E-state index >= 15 is 0 Å². The second kappa shape index (κ2) is 5.96. The lowest BCUT2D eigenvalue weighted by Crippen LogP contribution is -2.29. The molecule has 2 heterocycles. The molecule has 1 aromatic heterocycles. The van der Waals surface area contributed by atoms with Crippen molar-refractivity contribution in [2.45, 2.75) is 18.9 Å². The topological polar surface area (TPSA) is 69.2 Å². The molecule has 1 aliphatic heterocycles. The maximum absolute atomic E-state index is 11.2. The van der Waals surface area contributed by atoms with E-state index in [2.05, 4.69) is 54.6 Å². The maximum atomic E-state index is 11.2. The van der Waals surface area contributed by atoms with Crippen molar-refractivity contribution in [3.8, 4) is 11.3 Å². The molecule has 3 rings (SSSR count). The minimum absolute atomic E-state index is 0.161. The van der Waals surface area contributed by atoms with Gasteiger partial charge in [-0.2, -0.15) is 0 Å². The van der Waals surface area contributed by atoms with Crippen molar-refractivity contribution in [2.75, 3.05) is 6.54 Å². The van der Waals surface area contributed by atoms with Crippen molar-refractivity contribution < 1.29 is 9.90 Å². The predicted molar refractivity (Wildman–Crippen MR) is 91.1 cm³/mol. The van der Waals surface area contributed by atoms with Gasteiger partial charge in [-0.3, -0.25) is 4.90 Å². The van der Waals surface area contributed by atoms with E-state index in [4.69, 9.17) is 0 Å². The molecule has 2 N–H and O–H groups in total. The summed E-state index contributed by atoms with van der Waals surface area (Å²) in [5, 5.41) is 9.21. The molecule has 0 aliphatic carbocycles. The normalized spacial score (nSPS) is 18.2. The molecule has 7 heteroatoms. The summed E-state index contributed by atoms with van der Waals surface area (Å²) in [4.78, 5) is 20.3. The highest BCUT2D eigenvalue weighted by atomic mass is 127. The molecule has 1 fully saturated rings. The van der Waals surface area contributed by atoms with Crippen LogP contribution in [-0.2, 0) is 0 Å². The monoisotopic (exact) mass is 461 g/mol. The summed E-state index contributed by atoms with van der Waals surface area (Å²) in [6.45, 7) is 0.576. The van der Waals surface area contributed by atoms with E-state index in [0.717, 1.165) is 38.0 Å². The Bertz CT molecular complexity index is 689. The quantitative estimate of drug-likeness (QED) is 0.656. The van der Waals surface area contributed by atoms with Crippen molar-refractivity contribution in [3.05, 3.63) is 38.3 Å². The number of carbonyl (C=O) groups is 1. The lowest BCUT2D eigenvalue weighted by molar-refractivity contribution is 0.139. The molecule has 110 valence electrons. The molecule has 0 spiro atoms. The Morgan fingerprint density at radius 3 is 3.05 bits per heavy atom. The molecule has 0 bridgehead atoms. The van der Waals surface area contributed by atoms with Crippen molar-refractivity contribution in [1.82, 2.24) is 14.9 Å². The number of amides is 1. The van der Waals surface area contributed by atoms with E-state index in [-0.39, 0.29) is 6.04 Å². The molecular formula is C14H13BrIN3O2. The first-order valence-electron chi connectivity index (χ1n) is 6.56. The summed E-state index contributed by atoms with van der Waals surface area (Å²) < 4.78 is 2.17. The number of rotatable bonds is 2. The Morgan fingerprint density at radius 1 is 1.52 bits per heavy atom. The lowest BCUT2D eigenvalue weighted by Gasteiger charge is -2.19. The zero-order valence-electron chi connectivity index (χ0n) is 11.0. The third-order valence-electron chi connectivity index (χ3n) is 3.64. The number of aromatic nitrogens is 2. The molecule has 1 amide bonds. The van der Waals surface area contributed by atoms with Crippen molar-refractivity contribution in [1.29, 1.82) is 0 Å². The maximum Gasteiger partial charge on any atom is 0.407 e. The number of halogens is 2. The van der Waals surface area contributed by atoms with Gasteiger partial charge in [-0.1, -0.05) is 6.07 Å². The fourth-order valence-corrected chi connectivity index (χ4v) is 3.36. The van der Waals surface area contributed by atoms with Crippen molar-refractivity contribution in [3.63, 3.8) is 0 Å². The fraction of sp³-hybridized carbons (Fsp3) is 0.286. The number of nitrogens with zero attached hydrogens (tertiary/aromatic N) is 2. The number of hydrogen-bond acceptors (Lipinski definition) is 2. The second-order valence-corrected chi connectivity index (χ2v) is 6.96. The highest BCUT2D eigenvalue weighted by molar-refractivity contribution is 14.1. The highest BCUT2D eigenvalue weighted by Crippen LogP contribution is 2.32. The van der Waals surface area contributed by atoms with Crippen LogP contribution in [0.3, 0.4) is 0 Å². The number of nitrogens with one attached hydrogen (secondary N) is 1. The van der Waals surface area contributed by atoms with E-state index < -0.39 is 6.09 Å². The van der Waals surface area contributed by atoms with Crippen LogP contribution in [0.4, 0.5) is 4.79 Å². The SMILES string of the molecule is O=C(O)N1CCCC1c1ncc(-c2ccc(Br)c(I)c2)[nH]1. The largest absolute Gasteiger partial charge is 0.465 e. The number of imidazole rings is 1. The summed E-state index contributed by atoms with van der Waals surface area (Å²) in [7, 11) is 0. The molecule has 1 atom stereocenters. The van der Waals surface area contributed by atoms with Crippen LogP contribution in [0.5, 0.6) is 0 Å². The highest BCUT2D eigenvalue weighted by Gasteiger charge is 2.31. The number of H-pyrrole nitrogens is 1. The van der Waals surface area contributed by atoms with E-state index in [1.807, 2.05) is 12.1 Å². The summed E-state index contributed by atoms with van der Waals surface area (Å²) in [6.07, 6.45) is 2.58. The lowest BCUT2D eigenvalue weighted by atomic mass is 10.2. The van der Waals surface area contributed by atoms with Gasteiger partial charge in [-0.05, 0) is 63.5 Å². The van der Waals surface area contributed by atoms with Gasteiger partial charge < -0.3 is 10.1 Å². The minimum Gasteiger partial charge on any atom is -0.465 e. The fourth-order valence-electron chi connectivity index (χ4n) is 2.60. The molecule has 1 unspecified atom stereocenters. The van der Waals surface area contributed by atoms with Crippen LogP contribution in [0.2, 0.25) is 0 Å². The Morgan fingerprint density at radius 2 is 2.33 bits per heavy atom. The van der Waals surface area contributed by atoms with E-state index in [1.54, 1.807) is 6.20 Å². The molecular weight excluding hydrogens is 449 g/mol. The first kappa shape index (κ1) is 14.8. The van der Waals surface area contributed by atoms with Crippen LogP contribution in [-0.4, -0.2) is 32.6 Å². The Hall–Kier alpha value is -1.09. The smallest absolute Gasteiger partial charge is 0.407 e. The summed E-state index contributed by atoms with van der Waals surface area (Å²) in [5.41, 5.74) is 1.95. The zero-order chi connectivity index (χ0) is 15.0. The third-order valence-corrected chi connectivity index (χ3v) is 5.97. The zero-order valence-corrected chi connectivity index (χ0v) is 14.8. The Kier molecular flexibility index (Phi) is 4.21. The van der Waals surface area contributed by atoms with Crippen molar-refractivity contribution in [2.24, 2.45) is 0 Å². The Balaban J connectivity index is 1.89. The summed E-state index contributed by atoms with van der Waals surface area (Å²) in [6, 6.07) is 5.90. The summed E-state index contributed by atoms with van der Waals surface area (Å²) in [5.74, 6) is 0.725. The number of benzene rings is 1. The van der Waals surface area contributed by atoms with E-state index in [9.17, 15) is 9.90 Å². The molecule has 1 aromatic carbocycles. The van der Waals surface area contributed by atoms with E-state index in [1.165, 1.54) is 4.90 Å². The van der Waals surface area contributed by atoms with Gasteiger partial charge in [0.05, 0.1) is 17.9 Å². The van der Waals surface area contributed by atoms with Gasteiger partial charge in [0.15, 0.2) is 0 Å². The average Bonchev–Trinajstić information content (AvgIpc) is 3.09. The Labute approximate surface area is 144 Å². The van der Waals surface area contributed by atoms with Gasteiger partial charge in [0, 0.05) is 20.2 Å². The van der Waals surface area contributed by atoms with Gasteiger partial charge in [-0.25, -0.2) is 9.78 Å². The van der Waals surface area contributed by atoms with Gasteiger partial charge in [-0.15, -0.1) is 0 Å². The van der Waals surface area contributed by atoms with Gasteiger partial charge in [0.1, 0.15) is 5.82 Å². The molecule has 0 saturated carbocycles. The molecule has 1 saturated heterocycles. The first-order valence-corrected chi connectivity index (χ1v) is 8.43. The van der Waals surface area contributed by atoms with Gasteiger partial charge >= 0.3 is 6.09 Å².